The van der Waals surface area contributed by atoms with Gasteiger partial charge >= 0.3 is 6.09 Å². The van der Waals surface area contributed by atoms with Crippen LogP contribution in [0.4, 0.5) is 10.5 Å². The second-order valence-corrected chi connectivity index (χ2v) is 7.52. The van der Waals surface area contributed by atoms with Crippen molar-refractivity contribution in [1.82, 2.24) is 15.0 Å². The summed E-state index contributed by atoms with van der Waals surface area (Å²) < 4.78 is 36.3. The molecule has 0 aliphatic heterocycles. The quantitative estimate of drug-likeness (QED) is 0.516. The minimum absolute atomic E-state index is 0.0550. The average Bonchev–Trinajstić information content (AvgIpc) is 2.68. The Morgan fingerprint density at radius 2 is 1.77 bits per heavy atom. The van der Waals surface area contributed by atoms with Gasteiger partial charge in [-0.15, -0.1) is 0 Å². The van der Waals surface area contributed by atoms with Crippen LogP contribution in [0.25, 0.3) is 0 Å². The van der Waals surface area contributed by atoms with Gasteiger partial charge < -0.3 is 20.1 Å². The van der Waals surface area contributed by atoms with Crippen molar-refractivity contribution in [2.24, 2.45) is 0 Å². The minimum atomic E-state index is -4.14. The third kappa shape index (κ3) is 6.83. The van der Waals surface area contributed by atoms with Gasteiger partial charge in [0.1, 0.15) is 0 Å². The zero-order valence-corrected chi connectivity index (χ0v) is 17.0. The highest BCUT2D eigenvalue weighted by Gasteiger charge is 2.19. The van der Waals surface area contributed by atoms with Crippen LogP contribution in [0.2, 0.25) is 0 Å². The summed E-state index contributed by atoms with van der Waals surface area (Å²) >= 11 is 0. The summed E-state index contributed by atoms with van der Waals surface area (Å²) in [4.78, 5) is 38.4. The Hall–Kier alpha value is -3.51. The number of rotatable bonds is 8. The van der Waals surface area contributed by atoms with Gasteiger partial charge in [0.15, 0.2) is 0 Å². The number of aromatic nitrogens is 1. The number of anilines is 1. The van der Waals surface area contributed by atoms with Crippen LogP contribution in [-0.2, 0) is 19.6 Å². The first kappa shape index (κ1) is 22.8. The van der Waals surface area contributed by atoms with Gasteiger partial charge in [0, 0.05) is 38.5 Å². The molecular weight excluding hydrogens is 416 g/mol. The van der Waals surface area contributed by atoms with Crippen LogP contribution in [0.1, 0.15) is 17.3 Å². The molecule has 2 rings (SSSR count). The highest BCUT2D eigenvalue weighted by atomic mass is 32.2. The SMILES string of the molecule is COCCNC(=O)Oc1ccc(C(=O)NS(=O)(=O)c2ccc(NC(C)=O)cc2)cn1. The van der Waals surface area contributed by atoms with Crippen molar-refractivity contribution in [2.75, 3.05) is 25.6 Å². The van der Waals surface area contributed by atoms with Crippen LogP contribution in [0.15, 0.2) is 47.5 Å². The lowest BCUT2D eigenvalue weighted by Gasteiger charge is -2.09. The largest absolute Gasteiger partial charge is 0.414 e. The van der Waals surface area contributed by atoms with Gasteiger partial charge in [-0.1, -0.05) is 0 Å². The molecule has 0 aliphatic carbocycles. The molecule has 1 heterocycles. The number of ether oxygens (including phenoxy) is 2. The lowest BCUT2D eigenvalue weighted by atomic mass is 10.3. The second kappa shape index (κ2) is 10.3. The van der Waals surface area contributed by atoms with Crippen molar-refractivity contribution in [3.05, 3.63) is 48.2 Å². The molecule has 1 aromatic carbocycles. The molecule has 3 N–H and O–H groups in total. The van der Waals surface area contributed by atoms with Crippen molar-refractivity contribution >= 4 is 33.6 Å². The highest BCUT2D eigenvalue weighted by molar-refractivity contribution is 7.90. The standard InChI is InChI=1S/C18H20N4O7S/c1-12(23)21-14-4-6-15(7-5-14)30(26,27)22-17(24)13-3-8-16(20-11-13)29-18(25)19-9-10-28-2/h3-8,11H,9-10H2,1-2H3,(H,19,25)(H,21,23)(H,22,24). The Bertz CT molecular complexity index is 1010. The summed E-state index contributed by atoms with van der Waals surface area (Å²) in [6.07, 6.45) is 0.324. The molecule has 30 heavy (non-hydrogen) atoms. The third-order valence-corrected chi connectivity index (χ3v) is 4.83. The maximum absolute atomic E-state index is 12.4. The summed E-state index contributed by atoms with van der Waals surface area (Å²) in [6, 6.07) is 7.79. The number of methoxy groups -OCH3 is 1. The fraction of sp³-hybridized carbons (Fsp3) is 0.222. The van der Waals surface area contributed by atoms with Crippen molar-refractivity contribution in [2.45, 2.75) is 11.8 Å². The number of hydrogen-bond acceptors (Lipinski definition) is 8. The van der Waals surface area contributed by atoms with Crippen LogP contribution >= 0.6 is 0 Å². The molecule has 0 atom stereocenters. The molecule has 12 heteroatoms. The molecule has 160 valence electrons. The summed E-state index contributed by atoms with van der Waals surface area (Å²) in [6.45, 7) is 1.88. The van der Waals surface area contributed by atoms with Crippen molar-refractivity contribution < 1.29 is 32.3 Å². The van der Waals surface area contributed by atoms with Crippen molar-refractivity contribution in [3.8, 4) is 5.88 Å². The van der Waals surface area contributed by atoms with Crippen LogP contribution < -0.4 is 20.1 Å². The number of sulfonamides is 1. The Balaban J connectivity index is 1.99. The molecule has 0 spiro atoms. The number of carbonyl (C=O) groups excluding carboxylic acids is 3. The Morgan fingerprint density at radius 3 is 2.33 bits per heavy atom. The summed E-state index contributed by atoms with van der Waals surface area (Å²) in [5.74, 6) is -1.28. The van der Waals surface area contributed by atoms with Crippen LogP contribution in [0.3, 0.4) is 0 Å². The third-order valence-electron chi connectivity index (χ3n) is 3.48. The monoisotopic (exact) mass is 436 g/mol. The van der Waals surface area contributed by atoms with E-state index >= 15 is 0 Å². The average molecular weight is 436 g/mol. The van der Waals surface area contributed by atoms with E-state index in [4.69, 9.17) is 9.47 Å². The first-order valence-electron chi connectivity index (χ1n) is 8.57. The van der Waals surface area contributed by atoms with E-state index in [1.165, 1.54) is 50.4 Å². The highest BCUT2D eigenvalue weighted by Crippen LogP contribution is 2.15. The zero-order valence-electron chi connectivity index (χ0n) is 16.2. The fourth-order valence-electron chi connectivity index (χ4n) is 2.12. The smallest absolute Gasteiger partial charge is 0.391 e. The van der Waals surface area contributed by atoms with Gasteiger partial charge in [-0.05, 0) is 30.3 Å². The van der Waals surface area contributed by atoms with Gasteiger partial charge in [-0.25, -0.2) is 22.9 Å². The summed E-state index contributed by atoms with van der Waals surface area (Å²) in [5.41, 5.74) is 0.361. The summed E-state index contributed by atoms with van der Waals surface area (Å²) in [5, 5.41) is 4.93. The molecule has 1 aromatic heterocycles. The van der Waals surface area contributed by atoms with Crippen molar-refractivity contribution in [3.63, 3.8) is 0 Å². The second-order valence-electron chi connectivity index (χ2n) is 5.83. The number of benzene rings is 1. The van der Waals surface area contributed by atoms with E-state index in [0.29, 0.717) is 12.3 Å². The van der Waals surface area contributed by atoms with Gasteiger partial charge in [-0.3, -0.25) is 9.59 Å². The lowest BCUT2D eigenvalue weighted by molar-refractivity contribution is -0.114. The molecule has 0 saturated heterocycles. The maximum Gasteiger partial charge on any atom is 0.414 e. The van der Waals surface area contributed by atoms with E-state index in [2.05, 4.69) is 15.6 Å². The van der Waals surface area contributed by atoms with Gasteiger partial charge in [-0.2, -0.15) is 0 Å². The molecule has 0 aliphatic rings. The molecular formula is C18H20N4O7S. The van der Waals surface area contributed by atoms with Crippen molar-refractivity contribution in [1.29, 1.82) is 0 Å². The zero-order chi connectivity index (χ0) is 22.1. The van der Waals surface area contributed by atoms with E-state index in [0.717, 1.165) is 6.20 Å². The molecule has 0 fully saturated rings. The number of amides is 3. The fourth-order valence-corrected chi connectivity index (χ4v) is 3.10. The number of carbonyl (C=O) groups is 3. The molecule has 0 bridgehead atoms. The Kier molecular flexibility index (Phi) is 7.83. The van der Waals surface area contributed by atoms with Crippen LogP contribution in [0.5, 0.6) is 5.88 Å². The minimum Gasteiger partial charge on any atom is -0.391 e. The molecule has 0 saturated carbocycles. The first-order chi connectivity index (χ1) is 14.2. The predicted octanol–water partition coefficient (Wildman–Crippen LogP) is 0.893. The Labute approximate surface area is 172 Å². The number of hydrogen-bond donors (Lipinski definition) is 3. The van der Waals surface area contributed by atoms with Gasteiger partial charge in [0.05, 0.1) is 17.1 Å². The predicted molar refractivity (Wildman–Crippen MR) is 106 cm³/mol. The molecule has 0 unspecified atom stereocenters. The first-order valence-corrected chi connectivity index (χ1v) is 10.0. The van der Waals surface area contributed by atoms with E-state index < -0.39 is 22.0 Å². The van der Waals surface area contributed by atoms with Crippen LogP contribution in [-0.4, -0.2) is 51.6 Å². The van der Waals surface area contributed by atoms with E-state index in [-0.39, 0.29) is 28.8 Å². The molecule has 0 radical (unpaired) electrons. The maximum atomic E-state index is 12.4. The summed E-state index contributed by atoms with van der Waals surface area (Å²) in [7, 11) is -2.66. The molecule has 2 aromatic rings. The Morgan fingerprint density at radius 1 is 1.07 bits per heavy atom. The molecule has 3 amide bonds. The van der Waals surface area contributed by atoms with E-state index in [9.17, 15) is 22.8 Å². The normalized spacial score (nSPS) is 10.7. The van der Waals surface area contributed by atoms with Crippen LogP contribution in [0, 0.1) is 0 Å². The number of nitrogens with one attached hydrogen (secondary N) is 3. The van der Waals surface area contributed by atoms with Gasteiger partial charge in [0.25, 0.3) is 15.9 Å². The number of pyridine rings is 1. The van der Waals surface area contributed by atoms with E-state index in [1.54, 1.807) is 0 Å². The van der Waals surface area contributed by atoms with E-state index in [1.807, 2.05) is 4.72 Å². The van der Waals surface area contributed by atoms with Gasteiger partial charge in [0.2, 0.25) is 11.8 Å². The lowest BCUT2D eigenvalue weighted by Crippen LogP contribution is -2.31. The topological polar surface area (TPSA) is 153 Å². The molecule has 11 nitrogen and oxygen atoms in total. The number of nitrogens with zero attached hydrogens (tertiary/aromatic N) is 1.